The van der Waals surface area contributed by atoms with Crippen LogP contribution in [0, 0.1) is 5.92 Å². The molecular formula is C14H21NO. The minimum atomic E-state index is 0.354. The molecule has 2 rings (SSSR count). The van der Waals surface area contributed by atoms with Gasteiger partial charge >= 0.3 is 0 Å². The van der Waals surface area contributed by atoms with Gasteiger partial charge in [-0.1, -0.05) is 25.8 Å². The third-order valence-corrected chi connectivity index (χ3v) is 3.80. The van der Waals surface area contributed by atoms with Crippen molar-refractivity contribution in [2.45, 2.75) is 38.6 Å². The molecule has 1 N–H and O–H groups in total. The summed E-state index contributed by atoms with van der Waals surface area (Å²) in [5.41, 5.74) is 1.12. The predicted molar refractivity (Wildman–Crippen MR) is 67.9 cm³/mol. The molecule has 0 bridgehead atoms. The first-order valence-corrected chi connectivity index (χ1v) is 6.20. The standard InChI is InChI=1S/C14H21NO/c1-11-6-3-4-9-14(11)15(2)12-7-5-8-13(16)10-12/h5,7-8,10-11,14,16H,3-4,6,9H2,1-2H3. The minimum Gasteiger partial charge on any atom is -0.508 e. The van der Waals surface area contributed by atoms with E-state index in [1.807, 2.05) is 12.1 Å². The van der Waals surface area contributed by atoms with Gasteiger partial charge in [0.2, 0.25) is 0 Å². The van der Waals surface area contributed by atoms with Gasteiger partial charge in [-0.15, -0.1) is 0 Å². The maximum absolute atomic E-state index is 9.50. The number of nitrogens with zero attached hydrogens (tertiary/aromatic N) is 1. The van der Waals surface area contributed by atoms with E-state index < -0.39 is 0 Å². The molecule has 1 aromatic carbocycles. The molecule has 0 radical (unpaired) electrons. The first-order chi connectivity index (χ1) is 7.68. The Hall–Kier alpha value is -1.18. The van der Waals surface area contributed by atoms with Gasteiger partial charge in [0.1, 0.15) is 5.75 Å². The Labute approximate surface area is 97.9 Å². The Bertz CT molecular complexity index is 350. The van der Waals surface area contributed by atoms with E-state index >= 15 is 0 Å². The fourth-order valence-corrected chi connectivity index (χ4v) is 2.78. The monoisotopic (exact) mass is 219 g/mol. The van der Waals surface area contributed by atoms with Gasteiger partial charge in [-0.3, -0.25) is 0 Å². The topological polar surface area (TPSA) is 23.5 Å². The molecule has 1 aliphatic rings. The Morgan fingerprint density at radius 2 is 2.00 bits per heavy atom. The van der Waals surface area contributed by atoms with Crippen molar-refractivity contribution in [3.63, 3.8) is 0 Å². The fourth-order valence-electron chi connectivity index (χ4n) is 2.78. The molecular weight excluding hydrogens is 198 g/mol. The molecule has 2 nitrogen and oxygen atoms in total. The van der Waals surface area contributed by atoms with Gasteiger partial charge in [-0.05, 0) is 30.9 Å². The lowest BCUT2D eigenvalue weighted by molar-refractivity contribution is 0.321. The molecule has 16 heavy (non-hydrogen) atoms. The zero-order valence-corrected chi connectivity index (χ0v) is 10.2. The zero-order valence-electron chi connectivity index (χ0n) is 10.2. The summed E-state index contributed by atoms with van der Waals surface area (Å²) in [6, 6.07) is 8.18. The maximum Gasteiger partial charge on any atom is 0.117 e. The fraction of sp³-hybridized carbons (Fsp3) is 0.571. The van der Waals surface area contributed by atoms with Gasteiger partial charge in [0.15, 0.2) is 0 Å². The number of hydrogen-bond donors (Lipinski definition) is 1. The van der Waals surface area contributed by atoms with Crippen LogP contribution in [0.2, 0.25) is 0 Å². The van der Waals surface area contributed by atoms with Gasteiger partial charge in [0, 0.05) is 24.8 Å². The molecule has 2 unspecified atom stereocenters. The van der Waals surface area contributed by atoms with Gasteiger partial charge in [-0.2, -0.15) is 0 Å². The third kappa shape index (κ3) is 2.31. The summed E-state index contributed by atoms with van der Waals surface area (Å²) in [5, 5.41) is 9.50. The summed E-state index contributed by atoms with van der Waals surface area (Å²) >= 11 is 0. The van der Waals surface area contributed by atoms with Crippen LogP contribution >= 0.6 is 0 Å². The number of aromatic hydroxyl groups is 1. The number of hydrogen-bond acceptors (Lipinski definition) is 2. The molecule has 2 atom stereocenters. The summed E-state index contributed by atoms with van der Waals surface area (Å²) in [6.07, 6.45) is 5.30. The van der Waals surface area contributed by atoms with Crippen LogP contribution in [-0.2, 0) is 0 Å². The first kappa shape index (κ1) is 11.3. The van der Waals surface area contributed by atoms with Crippen LogP contribution in [-0.4, -0.2) is 18.2 Å². The molecule has 2 heteroatoms. The van der Waals surface area contributed by atoms with Gasteiger partial charge in [0.25, 0.3) is 0 Å². The highest BCUT2D eigenvalue weighted by Crippen LogP contribution is 2.31. The maximum atomic E-state index is 9.50. The average Bonchev–Trinajstić information content (AvgIpc) is 2.29. The molecule has 1 fully saturated rings. The van der Waals surface area contributed by atoms with Gasteiger partial charge < -0.3 is 10.0 Å². The average molecular weight is 219 g/mol. The number of phenols is 1. The zero-order chi connectivity index (χ0) is 11.5. The first-order valence-electron chi connectivity index (χ1n) is 6.20. The Kier molecular flexibility index (Phi) is 3.37. The van der Waals surface area contributed by atoms with E-state index in [-0.39, 0.29) is 0 Å². The Morgan fingerprint density at radius 3 is 2.69 bits per heavy atom. The van der Waals surface area contributed by atoms with Crippen molar-refractivity contribution < 1.29 is 5.11 Å². The van der Waals surface area contributed by atoms with E-state index in [1.165, 1.54) is 25.7 Å². The van der Waals surface area contributed by atoms with Crippen LogP contribution in [0.3, 0.4) is 0 Å². The SMILES string of the molecule is CC1CCCCC1N(C)c1cccc(O)c1. The van der Waals surface area contributed by atoms with E-state index in [0.29, 0.717) is 11.8 Å². The molecule has 0 aromatic heterocycles. The molecule has 0 heterocycles. The molecule has 0 spiro atoms. The van der Waals surface area contributed by atoms with E-state index in [1.54, 1.807) is 6.07 Å². The van der Waals surface area contributed by atoms with E-state index in [0.717, 1.165) is 11.6 Å². The van der Waals surface area contributed by atoms with Gasteiger partial charge in [0.05, 0.1) is 0 Å². The van der Waals surface area contributed by atoms with Crippen molar-refractivity contribution in [1.82, 2.24) is 0 Å². The Balaban J connectivity index is 2.14. The van der Waals surface area contributed by atoms with Crippen LogP contribution in [0.4, 0.5) is 5.69 Å². The largest absolute Gasteiger partial charge is 0.508 e. The lowest BCUT2D eigenvalue weighted by Gasteiger charge is -2.37. The van der Waals surface area contributed by atoms with Crippen molar-refractivity contribution in [2.75, 3.05) is 11.9 Å². The van der Waals surface area contributed by atoms with Crippen molar-refractivity contribution in [3.8, 4) is 5.75 Å². The second kappa shape index (κ2) is 4.77. The molecule has 0 amide bonds. The van der Waals surface area contributed by atoms with Crippen molar-refractivity contribution in [3.05, 3.63) is 24.3 Å². The number of phenolic OH excluding ortho intramolecular Hbond substituents is 1. The van der Waals surface area contributed by atoms with Gasteiger partial charge in [-0.25, -0.2) is 0 Å². The molecule has 1 aromatic rings. The molecule has 0 saturated heterocycles. The molecule has 1 aliphatic carbocycles. The van der Waals surface area contributed by atoms with Crippen LogP contribution in [0.15, 0.2) is 24.3 Å². The predicted octanol–water partition coefficient (Wildman–Crippen LogP) is 3.41. The molecule has 0 aliphatic heterocycles. The number of benzene rings is 1. The summed E-state index contributed by atoms with van der Waals surface area (Å²) in [7, 11) is 2.14. The summed E-state index contributed by atoms with van der Waals surface area (Å²) in [4.78, 5) is 2.32. The second-order valence-electron chi connectivity index (χ2n) is 4.96. The highest BCUT2D eigenvalue weighted by atomic mass is 16.3. The number of rotatable bonds is 2. The summed E-state index contributed by atoms with van der Waals surface area (Å²) in [6.45, 7) is 2.34. The lowest BCUT2D eigenvalue weighted by Crippen LogP contribution is -2.38. The highest BCUT2D eigenvalue weighted by Gasteiger charge is 2.25. The summed E-state index contributed by atoms with van der Waals surface area (Å²) in [5.74, 6) is 1.11. The van der Waals surface area contributed by atoms with E-state index in [2.05, 4.69) is 24.9 Å². The Morgan fingerprint density at radius 1 is 1.25 bits per heavy atom. The minimum absolute atomic E-state index is 0.354. The normalized spacial score (nSPS) is 25.4. The third-order valence-electron chi connectivity index (χ3n) is 3.80. The molecule has 88 valence electrons. The highest BCUT2D eigenvalue weighted by molar-refractivity contribution is 5.50. The number of anilines is 1. The van der Waals surface area contributed by atoms with E-state index in [4.69, 9.17) is 0 Å². The molecule has 1 saturated carbocycles. The summed E-state index contributed by atoms with van der Waals surface area (Å²) < 4.78 is 0. The quantitative estimate of drug-likeness (QED) is 0.824. The van der Waals surface area contributed by atoms with Crippen LogP contribution in [0.5, 0.6) is 5.75 Å². The smallest absolute Gasteiger partial charge is 0.117 e. The van der Waals surface area contributed by atoms with Crippen molar-refractivity contribution >= 4 is 5.69 Å². The van der Waals surface area contributed by atoms with Crippen LogP contribution in [0.25, 0.3) is 0 Å². The van der Waals surface area contributed by atoms with Crippen LogP contribution < -0.4 is 4.90 Å². The van der Waals surface area contributed by atoms with E-state index in [9.17, 15) is 5.11 Å². The van der Waals surface area contributed by atoms with Crippen molar-refractivity contribution in [1.29, 1.82) is 0 Å². The van der Waals surface area contributed by atoms with Crippen LogP contribution in [0.1, 0.15) is 32.6 Å². The lowest BCUT2D eigenvalue weighted by atomic mass is 9.85. The van der Waals surface area contributed by atoms with Crippen molar-refractivity contribution in [2.24, 2.45) is 5.92 Å². The second-order valence-corrected chi connectivity index (χ2v) is 4.96.